The number of halogens is 1. The number of hydrogen-bond donors (Lipinski definition) is 0. The Morgan fingerprint density at radius 3 is 2.79 bits per heavy atom. The summed E-state index contributed by atoms with van der Waals surface area (Å²) in [5, 5.41) is 17.5. The Balaban J connectivity index is 1.61. The molecule has 140 valence electrons. The van der Waals surface area contributed by atoms with Gasteiger partial charge in [-0.25, -0.2) is 4.39 Å². The van der Waals surface area contributed by atoms with Crippen LogP contribution < -0.4 is 4.90 Å². The van der Waals surface area contributed by atoms with Crippen LogP contribution in [0.2, 0.25) is 0 Å². The molecule has 1 aliphatic heterocycles. The number of rotatable bonds is 3. The zero-order valence-corrected chi connectivity index (χ0v) is 15.9. The van der Waals surface area contributed by atoms with Gasteiger partial charge in [-0.3, -0.25) is 4.98 Å². The van der Waals surface area contributed by atoms with E-state index in [2.05, 4.69) is 32.2 Å². The topological polar surface area (TPSA) is 65.7 Å². The number of nitrogens with zero attached hydrogens (tertiary/aromatic N) is 5. The van der Waals surface area contributed by atoms with E-state index in [4.69, 9.17) is 5.26 Å². The Hall–Kier alpha value is -3.33. The normalized spacial score (nSPS) is 13.1. The predicted octanol–water partition coefficient (Wildman–Crippen LogP) is 3.65. The summed E-state index contributed by atoms with van der Waals surface area (Å²) in [4.78, 5) is 6.79. The van der Waals surface area contributed by atoms with Crippen molar-refractivity contribution in [3.63, 3.8) is 0 Å². The van der Waals surface area contributed by atoms with Crippen LogP contribution in [0.15, 0.2) is 36.5 Å². The van der Waals surface area contributed by atoms with Crippen LogP contribution in [0.1, 0.15) is 39.2 Å². The van der Waals surface area contributed by atoms with Gasteiger partial charge in [0.15, 0.2) is 11.5 Å². The molecule has 5 nitrogen and oxygen atoms in total. The predicted molar refractivity (Wildman–Crippen MR) is 104 cm³/mol. The lowest BCUT2D eigenvalue weighted by atomic mass is 9.99. The summed E-state index contributed by atoms with van der Waals surface area (Å²) in [6, 6.07) is 11.0. The first kappa shape index (κ1) is 18.1. The number of aromatic nitrogens is 3. The molecule has 0 spiro atoms. The summed E-state index contributed by atoms with van der Waals surface area (Å²) in [6.45, 7) is 5.35. The first-order valence-corrected chi connectivity index (χ1v) is 9.26. The van der Waals surface area contributed by atoms with Gasteiger partial charge in [-0.05, 0) is 47.7 Å². The molecule has 0 fully saturated rings. The summed E-state index contributed by atoms with van der Waals surface area (Å²) in [7, 11) is 0. The van der Waals surface area contributed by atoms with Crippen LogP contribution in [0.5, 0.6) is 0 Å². The van der Waals surface area contributed by atoms with Gasteiger partial charge in [0.2, 0.25) is 0 Å². The van der Waals surface area contributed by atoms with E-state index in [0.717, 1.165) is 46.7 Å². The lowest BCUT2D eigenvalue weighted by molar-refractivity contribution is 0.613. The molecule has 0 saturated carbocycles. The smallest absolute Gasteiger partial charge is 0.166 e. The Kier molecular flexibility index (Phi) is 4.74. The van der Waals surface area contributed by atoms with Gasteiger partial charge in [-0.1, -0.05) is 24.3 Å². The molecule has 3 heterocycles. The molecule has 2 aromatic heterocycles. The molecule has 28 heavy (non-hydrogen) atoms. The maximum Gasteiger partial charge on any atom is 0.166 e. The highest BCUT2D eigenvalue weighted by Crippen LogP contribution is 2.27. The van der Waals surface area contributed by atoms with Gasteiger partial charge < -0.3 is 4.90 Å². The average Bonchev–Trinajstić information content (AvgIpc) is 2.71. The molecule has 6 heteroatoms. The molecule has 0 saturated heterocycles. The monoisotopic (exact) mass is 373 g/mol. The molecule has 1 aliphatic rings. The minimum absolute atomic E-state index is 0.194. The summed E-state index contributed by atoms with van der Waals surface area (Å²) in [5.41, 5.74) is 6.07. The van der Waals surface area contributed by atoms with Gasteiger partial charge in [0.05, 0.1) is 0 Å². The fourth-order valence-corrected chi connectivity index (χ4v) is 3.61. The zero-order chi connectivity index (χ0) is 19.7. The summed E-state index contributed by atoms with van der Waals surface area (Å²) in [6.07, 6.45) is 3.18. The molecule has 0 bridgehead atoms. The van der Waals surface area contributed by atoms with Crippen LogP contribution in [0.3, 0.4) is 0 Å². The van der Waals surface area contributed by atoms with Crippen molar-refractivity contribution < 1.29 is 4.39 Å². The maximum atomic E-state index is 14.0. The molecule has 0 N–H and O–H groups in total. The zero-order valence-electron chi connectivity index (χ0n) is 15.9. The van der Waals surface area contributed by atoms with E-state index in [0.29, 0.717) is 24.2 Å². The van der Waals surface area contributed by atoms with Crippen LogP contribution in [-0.2, 0) is 19.4 Å². The molecule has 3 aromatic rings. The van der Waals surface area contributed by atoms with Crippen molar-refractivity contribution in [2.45, 2.75) is 33.2 Å². The van der Waals surface area contributed by atoms with Crippen LogP contribution in [0, 0.1) is 31.0 Å². The highest BCUT2D eigenvalue weighted by Gasteiger charge is 2.22. The van der Waals surface area contributed by atoms with Crippen molar-refractivity contribution >= 4 is 5.82 Å². The maximum absolute atomic E-state index is 14.0. The quantitative estimate of drug-likeness (QED) is 0.701. The Bertz CT molecular complexity index is 1090. The van der Waals surface area contributed by atoms with E-state index >= 15 is 0 Å². The number of benzene rings is 1. The lowest BCUT2D eigenvalue weighted by Crippen LogP contribution is -2.32. The number of pyridine rings is 1. The molecule has 4 rings (SSSR count). The standard InChI is InChI=1S/C22H20FN5/c1-14-15(2)22(27-26-21(14)11-24)28-8-7-20-18(13-28)10-16(12-25-20)9-17-5-3-4-6-19(17)23/h3-6,10,12H,7-9,13H2,1-2H3. The van der Waals surface area contributed by atoms with Crippen molar-refractivity contribution in [3.8, 4) is 6.07 Å². The van der Waals surface area contributed by atoms with Gasteiger partial charge in [0.1, 0.15) is 11.9 Å². The second-order valence-electron chi connectivity index (χ2n) is 7.12. The number of fused-ring (bicyclic) bond motifs is 1. The van der Waals surface area contributed by atoms with E-state index in [9.17, 15) is 4.39 Å². The highest BCUT2D eigenvalue weighted by atomic mass is 19.1. The molecule has 0 aliphatic carbocycles. The van der Waals surface area contributed by atoms with Crippen molar-refractivity contribution in [1.82, 2.24) is 15.2 Å². The fraction of sp³-hybridized carbons (Fsp3) is 0.273. The summed E-state index contributed by atoms with van der Waals surface area (Å²) in [5.74, 6) is 0.613. The number of hydrogen-bond acceptors (Lipinski definition) is 5. The van der Waals surface area contributed by atoms with Gasteiger partial charge >= 0.3 is 0 Å². The molecular formula is C22H20FN5. The highest BCUT2D eigenvalue weighted by molar-refractivity contribution is 5.53. The molecule has 0 radical (unpaired) electrons. The molecule has 1 aromatic carbocycles. The van der Waals surface area contributed by atoms with Gasteiger partial charge in [-0.15, -0.1) is 10.2 Å². The number of anilines is 1. The van der Waals surface area contributed by atoms with E-state index < -0.39 is 0 Å². The third kappa shape index (κ3) is 3.31. The largest absolute Gasteiger partial charge is 0.350 e. The van der Waals surface area contributed by atoms with Crippen LogP contribution in [0.25, 0.3) is 0 Å². The molecule has 0 amide bonds. The van der Waals surface area contributed by atoms with Crippen LogP contribution >= 0.6 is 0 Å². The second kappa shape index (κ2) is 7.35. The lowest BCUT2D eigenvalue weighted by Gasteiger charge is -2.30. The first-order valence-electron chi connectivity index (χ1n) is 9.26. The minimum atomic E-state index is -0.194. The Labute approximate surface area is 163 Å². The van der Waals surface area contributed by atoms with Gasteiger partial charge in [0.25, 0.3) is 0 Å². The summed E-state index contributed by atoms with van der Waals surface area (Å²) < 4.78 is 14.0. The number of nitriles is 1. The van der Waals surface area contributed by atoms with Crippen molar-refractivity contribution in [1.29, 1.82) is 5.26 Å². The van der Waals surface area contributed by atoms with Gasteiger partial charge in [0, 0.05) is 37.8 Å². The van der Waals surface area contributed by atoms with E-state index in [1.165, 1.54) is 6.07 Å². The second-order valence-corrected chi connectivity index (χ2v) is 7.12. The van der Waals surface area contributed by atoms with Crippen LogP contribution in [-0.4, -0.2) is 21.7 Å². The van der Waals surface area contributed by atoms with E-state index in [1.807, 2.05) is 26.1 Å². The van der Waals surface area contributed by atoms with Crippen molar-refractivity contribution in [2.75, 3.05) is 11.4 Å². The third-order valence-corrected chi connectivity index (χ3v) is 5.35. The molecular weight excluding hydrogens is 353 g/mol. The third-order valence-electron chi connectivity index (χ3n) is 5.35. The van der Waals surface area contributed by atoms with E-state index in [-0.39, 0.29) is 5.82 Å². The molecule has 0 atom stereocenters. The van der Waals surface area contributed by atoms with Gasteiger partial charge in [-0.2, -0.15) is 5.26 Å². The van der Waals surface area contributed by atoms with E-state index in [1.54, 1.807) is 12.1 Å². The Morgan fingerprint density at radius 1 is 1.18 bits per heavy atom. The average molecular weight is 373 g/mol. The minimum Gasteiger partial charge on any atom is -0.350 e. The van der Waals surface area contributed by atoms with Crippen molar-refractivity contribution in [3.05, 3.63) is 81.6 Å². The Morgan fingerprint density at radius 2 is 2.00 bits per heavy atom. The van der Waals surface area contributed by atoms with Crippen LogP contribution in [0.4, 0.5) is 10.2 Å². The first-order chi connectivity index (χ1) is 13.6. The molecule has 0 unspecified atom stereocenters. The SMILES string of the molecule is Cc1c(C#N)nnc(N2CCc3ncc(Cc4ccccc4F)cc3C2)c1C. The fourth-order valence-electron chi connectivity index (χ4n) is 3.61. The van der Waals surface area contributed by atoms with Crippen molar-refractivity contribution in [2.24, 2.45) is 0 Å². The summed E-state index contributed by atoms with van der Waals surface area (Å²) >= 11 is 0.